The van der Waals surface area contributed by atoms with Crippen LogP contribution in [0.5, 0.6) is 5.75 Å². The standard InChI is InChI=1S/C14H15FN2O2S/c1-14(2,3)13-12(20-17-16-13)11(18)8-6-5-7-9(19-4)10(8)15/h5-7H,1-4H3. The average molecular weight is 294 g/mol. The summed E-state index contributed by atoms with van der Waals surface area (Å²) in [6.45, 7) is 5.80. The number of carbonyl (C=O) groups is 1. The Morgan fingerprint density at radius 2 is 2.05 bits per heavy atom. The first-order valence-electron chi connectivity index (χ1n) is 6.06. The Kier molecular flexibility index (Phi) is 3.85. The van der Waals surface area contributed by atoms with Crippen LogP contribution < -0.4 is 4.74 Å². The van der Waals surface area contributed by atoms with Gasteiger partial charge in [-0.3, -0.25) is 4.79 Å². The first kappa shape index (κ1) is 14.6. The summed E-state index contributed by atoms with van der Waals surface area (Å²) in [5.41, 5.74) is 0.225. The molecule has 0 saturated carbocycles. The van der Waals surface area contributed by atoms with E-state index < -0.39 is 11.6 Å². The number of hydrogen-bond donors (Lipinski definition) is 0. The quantitative estimate of drug-likeness (QED) is 0.816. The monoisotopic (exact) mass is 294 g/mol. The van der Waals surface area contributed by atoms with Gasteiger partial charge in [-0.15, -0.1) is 5.10 Å². The van der Waals surface area contributed by atoms with Gasteiger partial charge in [0, 0.05) is 5.41 Å². The van der Waals surface area contributed by atoms with Gasteiger partial charge in [-0.2, -0.15) is 0 Å². The molecule has 0 aliphatic rings. The highest BCUT2D eigenvalue weighted by atomic mass is 32.1. The Balaban J connectivity index is 2.51. The molecule has 0 amide bonds. The number of ketones is 1. The zero-order chi connectivity index (χ0) is 14.9. The number of halogens is 1. The lowest BCUT2D eigenvalue weighted by molar-refractivity contribution is 0.103. The van der Waals surface area contributed by atoms with Crippen molar-refractivity contribution in [3.05, 3.63) is 40.2 Å². The number of benzene rings is 1. The van der Waals surface area contributed by atoms with Gasteiger partial charge in [0.2, 0.25) is 5.78 Å². The molecular formula is C14H15FN2O2S. The van der Waals surface area contributed by atoms with Crippen molar-refractivity contribution in [2.45, 2.75) is 26.2 Å². The lowest BCUT2D eigenvalue weighted by Gasteiger charge is -2.16. The molecule has 106 valence electrons. The second-order valence-corrected chi connectivity index (χ2v) is 6.11. The minimum Gasteiger partial charge on any atom is -0.494 e. The molecule has 0 fully saturated rings. The van der Waals surface area contributed by atoms with E-state index in [1.54, 1.807) is 6.07 Å². The predicted molar refractivity (Wildman–Crippen MR) is 75.0 cm³/mol. The van der Waals surface area contributed by atoms with Crippen molar-refractivity contribution in [2.75, 3.05) is 7.11 Å². The zero-order valence-corrected chi connectivity index (χ0v) is 12.5. The molecule has 0 aliphatic heterocycles. The van der Waals surface area contributed by atoms with Crippen molar-refractivity contribution in [1.29, 1.82) is 0 Å². The van der Waals surface area contributed by atoms with Crippen LogP contribution in [-0.4, -0.2) is 22.5 Å². The molecule has 1 aromatic carbocycles. The van der Waals surface area contributed by atoms with E-state index in [-0.39, 0.29) is 16.7 Å². The predicted octanol–water partition coefficient (Wildman–Crippen LogP) is 3.21. The van der Waals surface area contributed by atoms with E-state index in [1.807, 2.05) is 20.8 Å². The second kappa shape index (κ2) is 5.28. The molecule has 0 N–H and O–H groups in total. The van der Waals surface area contributed by atoms with Gasteiger partial charge in [-0.05, 0) is 23.7 Å². The first-order chi connectivity index (χ1) is 9.36. The van der Waals surface area contributed by atoms with Gasteiger partial charge in [0.05, 0.1) is 18.4 Å². The number of nitrogens with zero attached hydrogens (tertiary/aromatic N) is 2. The van der Waals surface area contributed by atoms with Gasteiger partial charge in [-0.25, -0.2) is 4.39 Å². The van der Waals surface area contributed by atoms with Crippen LogP contribution in [-0.2, 0) is 5.41 Å². The molecule has 0 atom stereocenters. The fourth-order valence-electron chi connectivity index (χ4n) is 1.80. The molecule has 4 nitrogen and oxygen atoms in total. The summed E-state index contributed by atoms with van der Waals surface area (Å²) < 4.78 is 22.9. The number of aromatic nitrogens is 2. The number of methoxy groups -OCH3 is 1. The van der Waals surface area contributed by atoms with Crippen LogP contribution in [0.15, 0.2) is 18.2 Å². The molecule has 0 bridgehead atoms. The van der Waals surface area contributed by atoms with Crippen LogP contribution in [0.2, 0.25) is 0 Å². The van der Waals surface area contributed by atoms with E-state index in [4.69, 9.17) is 4.74 Å². The van der Waals surface area contributed by atoms with Gasteiger partial charge < -0.3 is 4.74 Å². The minimum absolute atomic E-state index is 0.0269. The molecule has 0 radical (unpaired) electrons. The molecule has 1 aromatic heterocycles. The highest BCUT2D eigenvalue weighted by Crippen LogP contribution is 2.29. The third kappa shape index (κ3) is 2.56. The number of rotatable bonds is 3. The average Bonchev–Trinajstić information content (AvgIpc) is 2.87. The fourth-order valence-corrected chi connectivity index (χ4v) is 2.63. The Morgan fingerprint density at radius 3 is 2.65 bits per heavy atom. The van der Waals surface area contributed by atoms with E-state index in [0.717, 1.165) is 11.5 Å². The highest BCUT2D eigenvalue weighted by Gasteiger charge is 2.28. The summed E-state index contributed by atoms with van der Waals surface area (Å²) >= 11 is 0.983. The number of ether oxygens (including phenoxy) is 1. The van der Waals surface area contributed by atoms with Crippen molar-refractivity contribution < 1.29 is 13.9 Å². The van der Waals surface area contributed by atoms with Crippen molar-refractivity contribution in [3.63, 3.8) is 0 Å². The summed E-state index contributed by atoms with van der Waals surface area (Å²) in [5.74, 6) is -1.03. The summed E-state index contributed by atoms with van der Waals surface area (Å²) in [4.78, 5) is 12.9. The van der Waals surface area contributed by atoms with Crippen LogP contribution in [0.1, 0.15) is 41.7 Å². The Labute approximate surface area is 120 Å². The number of hydrogen-bond acceptors (Lipinski definition) is 5. The minimum atomic E-state index is -0.659. The smallest absolute Gasteiger partial charge is 0.209 e. The molecule has 0 spiro atoms. The lowest BCUT2D eigenvalue weighted by Crippen LogP contribution is -2.17. The largest absolute Gasteiger partial charge is 0.494 e. The molecule has 0 saturated heterocycles. The molecule has 2 rings (SSSR count). The topological polar surface area (TPSA) is 52.1 Å². The van der Waals surface area contributed by atoms with Gasteiger partial charge >= 0.3 is 0 Å². The summed E-state index contributed by atoms with van der Waals surface area (Å²) in [6, 6.07) is 4.49. The Morgan fingerprint density at radius 1 is 1.35 bits per heavy atom. The molecule has 0 unspecified atom stereocenters. The molecule has 1 heterocycles. The molecule has 2 aromatic rings. The highest BCUT2D eigenvalue weighted by molar-refractivity contribution is 7.08. The van der Waals surface area contributed by atoms with Gasteiger partial charge in [0.1, 0.15) is 4.88 Å². The summed E-state index contributed by atoms with van der Waals surface area (Å²) in [5, 5.41) is 4.00. The molecular weight excluding hydrogens is 279 g/mol. The normalized spacial score (nSPS) is 11.4. The van der Waals surface area contributed by atoms with E-state index in [2.05, 4.69) is 9.59 Å². The number of carbonyl (C=O) groups excluding carboxylic acids is 1. The van der Waals surface area contributed by atoms with E-state index in [0.29, 0.717) is 10.6 Å². The van der Waals surface area contributed by atoms with Crippen LogP contribution in [0.3, 0.4) is 0 Å². The van der Waals surface area contributed by atoms with Gasteiger partial charge in [0.25, 0.3) is 0 Å². The van der Waals surface area contributed by atoms with Crippen LogP contribution in [0, 0.1) is 5.82 Å². The maximum absolute atomic E-state index is 14.2. The van der Waals surface area contributed by atoms with Gasteiger partial charge in [-0.1, -0.05) is 31.3 Å². The molecule has 0 aliphatic carbocycles. The Hall–Kier alpha value is -1.82. The van der Waals surface area contributed by atoms with Crippen molar-refractivity contribution in [3.8, 4) is 5.75 Å². The van der Waals surface area contributed by atoms with Gasteiger partial charge in [0.15, 0.2) is 11.6 Å². The zero-order valence-electron chi connectivity index (χ0n) is 11.7. The first-order valence-corrected chi connectivity index (χ1v) is 6.83. The fraction of sp³-hybridized carbons (Fsp3) is 0.357. The van der Waals surface area contributed by atoms with Crippen molar-refractivity contribution in [2.24, 2.45) is 0 Å². The summed E-state index contributed by atoms with van der Waals surface area (Å²) in [6.07, 6.45) is 0. The second-order valence-electron chi connectivity index (χ2n) is 5.35. The lowest BCUT2D eigenvalue weighted by atomic mass is 9.90. The maximum Gasteiger partial charge on any atom is 0.209 e. The third-order valence-corrected chi connectivity index (χ3v) is 3.56. The summed E-state index contributed by atoms with van der Waals surface area (Å²) in [7, 11) is 1.36. The van der Waals surface area contributed by atoms with Crippen molar-refractivity contribution in [1.82, 2.24) is 9.59 Å². The SMILES string of the molecule is COc1cccc(C(=O)c2snnc2C(C)(C)C)c1F. The third-order valence-electron chi connectivity index (χ3n) is 2.83. The Bertz CT molecular complexity index is 647. The molecule has 6 heteroatoms. The molecule has 20 heavy (non-hydrogen) atoms. The van der Waals surface area contributed by atoms with Crippen LogP contribution in [0.25, 0.3) is 0 Å². The van der Waals surface area contributed by atoms with E-state index in [1.165, 1.54) is 19.2 Å². The van der Waals surface area contributed by atoms with E-state index >= 15 is 0 Å². The van der Waals surface area contributed by atoms with Crippen LogP contribution in [0.4, 0.5) is 4.39 Å². The van der Waals surface area contributed by atoms with Crippen molar-refractivity contribution >= 4 is 17.3 Å². The van der Waals surface area contributed by atoms with Crippen LogP contribution >= 0.6 is 11.5 Å². The van der Waals surface area contributed by atoms with E-state index in [9.17, 15) is 9.18 Å². The maximum atomic E-state index is 14.2.